The largest absolute Gasteiger partial charge is 0.262 e. The van der Waals surface area contributed by atoms with Crippen molar-refractivity contribution in [2.75, 3.05) is 0 Å². The second kappa shape index (κ2) is 3.92. The number of rotatable bonds is 1. The standard InChI is InChI=1S/C12H7BrFN3/c13-11-4-8(14)5-12-10(11)7-16-17(12)9-2-1-3-15-6-9/h1-7H. The van der Waals surface area contributed by atoms with Crippen molar-refractivity contribution in [1.82, 2.24) is 14.8 Å². The van der Waals surface area contributed by atoms with Gasteiger partial charge in [0.15, 0.2) is 0 Å². The van der Waals surface area contributed by atoms with Gasteiger partial charge in [0.25, 0.3) is 0 Å². The molecule has 0 bridgehead atoms. The van der Waals surface area contributed by atoms with Gasteiger partial charge in [-0.25, -0.2) is 9.07 Å². The van der Waals surface area contributed by atoms with Crippen molar-refractivity contribution >= 4 is 26.8 Å². The highest BCUT2D eigenvalue weighted by atomic mass is 79.9. The van der Waals surface area contributed by atoms with Gasteiger partial charge in [-0.15, -0.1) is 0 Å². The Hall–Kier alpha value is -1.75. The maximum absolute atomic E-state index is 13.4. The van der Waals surface area contributed by atoms with Crippen LogP contribution in [0.25, 0.3) is 16.6 Å². The van der Waals surface area contributed by atoms with Crippen LogP contribution in [-0.4, -0.2) is 14.8 Å². The first-order valence-electron chi connectivity index (χ1n) is 4.99. The molecule has 17 heavy (non-hydrogen) atoms. The average Bonchev–Trinajstić information content (AvgIpc) is 2.74. The summed E-state index contributed by atoms with van der Waals surface area (Å²) in [6.45, 7) is 0. The van der Waals surface area contributed by atoms with Gasteiger partial charge < -0.3 is 0 Å². The zero-order chi connectivity index (χ0) is 11.8. The van der Waals surface area contributed by atoms with Crippen LogP contribution in [-0.2, 0) is 0 Å². The summed E-state index contributed by atoms with van der Waals surface area (Å²) in [6.07, 6.45) is 5.07. The van der Waals surface area contributed by atoms with Gasteiger partial charge in [-0.1, -0.05) is 0 Å². The molecular formula is C12H7BrFN3. The minimum absolute atomic E-state index is 0.296. The predicted octanol–water partition coefficient (Wildman–Crippen LogP) is 3.32. The van der Waals surface area contributed by atoms with E-state index in [2.05, 4.69) is 26.0 Å². The highest BCUT2D eigenvalue weighted by Gasteiger charge is 2.09. The van der Waals surface area contributed by atoms with E-state index in [0.29, 0.717) is 9.99 Å². The Morgan fingerprint density at radius 2 is 2.12 bits per heavy atom. The summed E-state index contributed by atoms with van der Waals surface area (Å²) in [5.41, 5.74) is 1.52. The average molecular weight is 292 g/mol. The van der Waals surface area contributed by atoms with Gasteiger partial charge in [0, 0.05) is 22.1 Å². The van der Waals surface area contributed by atoms with Crippen molar-refractivity contribution in [2.45, 2.75) is 0 Å². The van der Waals surface area contributed by atoms with E-state index in [1.54, 1.807) is 23.3 Å². The highest BCUT2D eigenvalue weighted by Crippen LogP contribution is 2.26. The monoisotopic (exact) mass is 291 g/mol. The Morgan fingerprint density at radius 3 is 2.88 bits per heavy atom. The third-order valence-electron chi connectivity index (χ3n) is 2.49. The molecule has 0 fully saturated rings. The summed E-state index contributed by atoms with van der Waals surface area (Å²) in [4.78, 5) is 4.03. The second-order valence-electron chi connectivity index (χ2n) is 3.59. The number of benzene rings is 1. The third-order valence-corrected chi connectivity index (χ3v) is 3.15. The third kappa shape index (κ3) is 1.72. The maximum atomic E-state index is 13.4. The van der Waals surface area contributed by atoms with E-state index in [0.717, 1.165) is 11.1 Å². The van der Waals surface area contributed by atoms with E-state index in [9.17, 15) is 4.39 Å². The smallest absolute Gasteiger partial charge is 0.126 e. The van der Waals surface area contributed by atoms with Gasteiger partial charge in [0.2, 0.25) is 0 Å². The van der Waals surface area contributed by atoms with E-state index in [1.165, 1.54) is 12.1 Å². The van der Waals surface area contributed by atoms with Crippen LogP contribution in [0, 0.1) is 5.82 Å². The Morgan fingerprint density at radius 1 is 1.24 bits per heavy atom. The van der Waals surface area contributed by atoms with E-state index in [1.807, 2.05) is 12.1 Å². The summed E-state index contributed by atoms with van der Waals surface area (Å²) in [7, 11) is 0. The number of halogens is 2. The van der Waals surface area contributed by atoms with Crippen LogP contribution < -0.4 is 0 Å². The van der Waals surface area contributed by atoms with Crippen molar-refractivity contribution in [2.24, 2.45) is 0 Å². The molecular weight excluding hydrogens is 285 g/mol. The lowest BCUT2D eigenvalue weighted by Crippen LogP contribution is -1.96. The van der Waals surface area contributed by atoms with Crippen LogP contribution in [0.4, 0.5) is 4.39 Å². The topological polar surface area (TPSA) is 30.7 Å². The highest BCUT2D eigenvalue weighted by molar-refractivity contribution is 9.10. The van der Waals surface area contributed by atoms with Crippen molar-refractivity contribution in [3.8, 4) is 5.69 Å². The lowest BCUT2D eigenvalue weighted by molar-refractivity contribution is 0.628. The fourth-order valence-corrected chi connectivity index (χ4v) is 2.26. The van der Waals surface area contributed by atoms with Crippen LogP contribution in [0.15, 0.2) is 47.3 Å². The molecule has 0 saturated heterocycles. The Balaban J connectivity index is 2.32. The van der Waals surface area contributed by atoms with Gasteiger partial charge in [-0.3, -0.25) is 4.98 Å². The summed E-state index contributed by atoms with van der Waals surface area (Å²) in [5, 5.41) is 5.12. The quantitative estimate of drug-likeness (QED) is 0.689. The molecule has 3 rings (SSSR count). The fraction of sp³-hybridized carbons (Fsp3) is 0. The van der Waals surface area contributed by atoms with Crippen LogP contribution >= 0.6 is 15.9 Å². The summed E-state index contributed by atoms with van der Waals surface area (Å²) < 4.78 is 15.7. The van der Waals surface area contributed by atoms with Crippen molar-refractivity contribution in [3.05, 3.63) is 53.1 Å². The van der Waals surface area contributed by atoms with Gasteiger partial charge in [0.05, 0.1) is 23.6 Å². The molecule has 0 unspecified atom stereocenters. The Bertz CT molecular complexity index is 679. The Kier molecular flexibility index (Phi) is 2.40. The molecule has 0 radical (unpaired) electrons. The zero-order valence-electron chi connectivity index (χ0n) is 8.64. The molecule has 3 nitrogen and oxygen atoms in total. The predicted molar refractivity (Wildman–Crippen MR) is 66.5 cm³/mol. The maximum Gasteiger partial charge on any atom is 0.126 e. The molecule has 0 spiro atoms. The number of pyridine rings is 1. The first kappa shape index (κ1) is 10.4. The van der Waals surface area contributed by atoms with Crippen molar-refractivity contribution < 1.29 is 4.39 Å². The van der Waals surface area contributed by atoms with Crippen molar-refractivity contribution in [1.29, 1.82) is 0 Å². The van der Waals surface area contributed by atoms with Crippen LogP contribution in [0.3, 0.4) is 0 Å². The van der Waals surface area contributed by atoms with E-state index in [4.69, 9.17) is 0 Å². The second-order valence-corrected chi connectivity index (χ2v) is 4.44. The van der Waals surface area contributed by atoms with E-state index < -0.39 is 0 Å². The first-order chi connectivity index (χ1) is 8.25. The lowest BCUT2D eigenvalue weighted by atomic mass is 10.2. The first-order valence-corrected chi connectivity index (χ1v) is 5.78. The van der Waals surface area contributed by atoms with Crippen molar-refractivity contribution in [3.63, 3.8) is 0 Å². The molecule has 0 aliphatic carbocycles. The molecule has 0 aliphatic heterocycles. The molecule has 0 aliphatic rings. The van der Waals surface area contributed by atoms with Gasteiger partial charge >= 0.3 is 0 Å². The van der Waals surface area contributed by atoms with Gasteiger partial charge in [-0.05, 0) is 34.1 Å². The summed E-state index contributed by atoms with van der Waals surface area (Å²) >= 11 is 3.32. The molecule has 2 aromatic heterocycles. The number of hydrogen-bond acceptors (Lipinski definition) is 2. The minimum atomic E-state index is -0.296. The lowest BCUT2D eigenvalue weighted by Gasteiger charge is -2.03. The number of hydrogen-bond donors (Lipinski definition) is 0. The van der Waals surface area contributed by atoms with E-state index in [-0.39, 0.29) is 5.82 Å². The van der Waals surface area contributed by atoms with Gasteiger partial charge in [0.1, 0.15) is 5.82 Å². The molecule has 0 amide bonds. The number of aromatic nitrogens is 3. The van der Waals surface area contributed by atoms with Crippen LogP contribution in [0.1, 0.15) is 0 Å². The SMILES string of the molecule is Fc1cc(Br)c2cnn(-c3cccnc3)c2c1. The Labute approximate surface area is 105 Å². The number of nitrogens with zero attached hydrogens (tertiary/aromatic N) is 3. The zero-order valence-corrected chi connectivity index (χ0v) is 10.2. The molecule has 1 aromatic carbocycles. The molecule has 2 heterocycles. The summed E-state index contributed by atoms with van der Waals surface area (Å²) in [6, 6.07) is 6.58. The minimum Gasteiger partial charge on any atom is -0.262 e. The van der Waals surface area contributed by atoms with Crippen LogP contribution in [0.2, 0.25) is 0 Å². The van der Waals surface area contributed by atoms with E-state index >= 15 is 0 Å². The number of fused-ring (bicyclic) bond motifs is 1. The molecule has 0 atom stereocenters. The molecule has 0 saturated carbocycles. The molecule has 84 valence electrons. The molecule has 3 aromatic rings. The molecule has 5 heteroatoms. The normalized spacial score (nSPS) is 10.9. The summed E-state index contributed by atoms with van der Waals surface area (Å²) in [5.74, 6) is -0.296. The fourth-order valence-electron chi connectivity index (χ4n) is 1.74. The van der Waals surface area contributed by atoms with Gasteiger partial charge in [-0.2, -0.15) is 5.10 Å². The van der Waals surface area contributed by atoms with Crippen LogP contribution in [0.5, 0.6) is 0 Å². The molecule has 0 N–H and O–H groups in total.